The summed E-state index contributed by atoms with van der Waals surface area (Å²) < 4.78 is 30.5. The van der Waals surface area contributed by atoms with Crippen molar-refractivity contribution in [2.24, 2.45) is 0 Å². The summed E-state index contributed by atoms with van der Waals surface area (Å²) in [5.41, 5.74) is 2.38. The first-order valence-electron chi connectivity index (χ1n) is 11.5. The monoisotopic (exact) mass is 478 g/mol. The lowest BCUT2D eigenvalue weighted by Crippen LogP contribution is -2.27. The average Bonchev–Trinajstić information content (AvgIpc) is 3.30. The maximum atomic E-state index is 13.1. The Kier molecular flexibility index (Phi) is 7.82. The predicted octanol–water partition coefficient (Wildman–Crippen LogP) is 5.68. The van der Waals surface area contributed by atoms with E-state index in [0.29, 0.717) is 55.6 Å². The van der Waals surface area contributed by atoms with E-state index in [1.54, 1.807) is 25.1 Å². The van der Waals surface area contributed by atoms with Crippen LogP contribution in [0.1, 0.15) is 25.3 Å². The van der Waals surface area contributed by atoms with Crippen molar-refractivity contribution in [1.82, 2.24) is 4.98 Å². The second kappa shape index (κ2) is 11.4. The summed E-state index contributed by atoms with van der Waals surface area (Å²) in [5.74, 6) is -0.200. The highest BCUT2D eigenvalue weighted by molar-refractivity contribution is 5.74. The second-order valence-electron chi connectivity index (χ2n) is 8.04. The molecule has 35 heavy (non-hydrogen) atoms. The Morgan fingerprint density at radius 1 is 1.09 bits per heavy atom. The molecule has 8 heteroatoms. The highest BCUT2D eigenvalue weighted by atomic mass is 19.1. The van der Waals surface area contributed by atoms with Crippen LogP contribution in [-0.4, -0.2) is 35.3 Å². The topological polar surface area (TPSA) is 85.0 Å². The molecule has 4 aromatic rings. The zero-order valence-corrected chi connectivity index (χ0v) is 19.4. The number of carbonyl (C=O) groups is 1. The number of carboxylic acid groups (broad SMARTS) is 1. The fourth-order valence-electron chi connectivity index (χ4n) is 3.62. The quantitative estimate of drug-likeness (QED) is 0.262. The molecule has 0 amide bonds. The highest BCUT2D eigenvalue weighted by Gasteiger charge is 2.18. The van der Waals surface area contributed by atoms with Crippen LogP contribution in [0.15, 0.2) is 77.2 Å². The summed E-state index contributed by atoms with van der Waals surface area (Å²) in [4.78, 5) is 18.0. The minimum atomic E-state index is -0.993. The van der Waals surface area contributed by atoms with E-state index in [1.165, 1.54) is 12.1 Å². The van der Waals surface area contributed by atoms with Gasteiger partial charge in [-0.1, -0.05) is 31.2 Å². The minimum Gasteiger partial charge on any atom is -0.494 e. The molecule has 7 nitrogen and oxygen atoms in total. The van der Waals surface area contributed by atoms with E-state index in [9.17, 15) is 14.3 Å². The van der Waals surface area contributed by atoms with Crippen LogP contribution in [0.5, 0.6) is 11.5 Å². The van der Waals surface area contributed by atoms with Crippen LogP contribution in [0.25, 0.3) is 11.1 Å². The summed E-state index contributed by atoms with van der Waals surface area (Å²) in [6, 6.07) is 21.3. The fraction of sp³-hybridized carbons (Fsp3) is 0.259. The first-order chi connectivity index (χ1) is 17.0. The lowest BCUT2D eigenvalue weighted by molar-refractivity contribution is -0.145. The number of aliphatic carboxylic acids is 1. The van der Waals surface area contributed by atoms with E-state index < -0.39 is 12.1 Å². The second-order valence-corrected chi connectivity index (χ2v) is 8.04. The molecule has 1 atom stereocenters. The minimum absolute atomic E-state index is 0.306. The Hall–Kier alpha value is -4.07. The van der Waals surface area contributed by atoms with Crippen LogP contribution >= 0.6 is 0 Å². The number of hydrogen-bond donors (Lipinski definition) is 1. The standard InChI is InChI=1S/C27H27FN2O5/c1-2-24(26(31)32)34-22-8-5-7-19(17-22)18-30(27-29-23-9-3-4-10-25(23)35-27)15-6-16-33-21-13-11-20(28)12-14-21/h3-5,7-14,17,24H,2,6,15-16,18H2,1H3,(H,31,32)/t24-/m1/s1. The molecular formula is C27H27FN2O5. The molecule has 0 saturated carbocycles. The number of aromatic nitrogens is 1. The number of ether oxygens (including phenoxy) is 2. The lowest BCUT2D eigenvalue weighted by atomic mass is 10.2. The Labute approximate surface area is 202 Å². The van der Waals surface area contributed by atoms with E-state index in [0.717, 1.165) is 11.1 Å². The summed E-state index contributed by atoms with van der Waals surface area (Å²) in [7, 11) is 0. The molecule has 0 aliphatic rings. The lowest BCUT2D eigenvalue weighted by Gasteiger charge is -2.21. The van der Waals surface area contributed by atoms with Gasteiger partial charge in [0.2, 0.25) is 0 Å². The Bertz CT molecular complexity index is 1220. The van der Waals surface area contributed by atoms with Gasteiger partial charge in [-0.2, -0.15) is 4.98 Å². The van der Waals surface area contributed by atoms with Crippen molar-refractivity contribution in [2.75, 3.05) is 18.1 Å². The molecule has 1 N–H and O–H groups in total. The maximum Gasteiger partial charge on any atom is 0.344 e. The van der Waals surface area contributed by atoms with Crippen LogP contribution < -0.4 is 14.4 Å². The third-order valence-corrected chi connectivity index (χ3v) is 5.40. The Morgan fingerprint density at radius 2 is 1.89 bits per heavy atom. The molecule has 3 aromatic carbocycles. The molecule has 1 heterocycles. The normalized spacial score (nSPS) is 11.8. The number of fused-ring (bicyclic) bond motifs is 1. The molecule has 1 aromatic heterocycles. The molecule has 0 fully saturated rings. The molecule has 182 valence electrons. The van der Waals surface area contributed by atoms with Crippen LogP contribution in [0.3, 0.4) is 0 Å². The Balaban J connectivity index is 1.47. The van der Waals surface area contributed by atoms with E-state index in [-0.39, 0.29) is 5.82 Å². The molecule has 0 spiro atoms. The van der Waals surface area contributed by atoms with Gasteiger partial charge in [-0.25, -0.2) is 9.18 Å². The van der Waals surface area contributed by atoms with Crippen molar-refractivity contribution >= 4 is 23.1 Å². The van der Waals surface area contributed by atoms with Crippen molar-refractivity contribution in [3.05, 3.63) is 84.2 Å². The Morgan fingerprint density at radius 3 is 2.63 bits per heavy atom. The number of hydrogen-bond acceptors (Lipinski definition) is 6. The van der Waals surface area contributed by atoms with Gasteiger partial charge in [0.15, 0.2) is 11.7 Å². The molecule has 0 aliphatic heterocycles. The number of halogens is 1. The molecule has 0 radical (unpaired) electrons. The van der Waals surface area contributed by atoms with Gasteiger partial charge < -0.3 is 23.9 Å². The van der Waals surface area contributed by atoms with Gasteiger partial charge in [0.05, 0.1) is 6.61 Å². The third-order valence-electron chi connectivity index (χ3n) is 5.40. The first-order valence-corrected chi connectivity index (χ1v) is 11.5. The number of benzene rings is 3. The summed E-state index contributed by atoms with van der Waals surface area (Å²) >= 11 is 0. The molecule has 0 saturated heterocycles. The number of rotatable bonds is 12. The fourth-order valence-corrected chi connectivity index (χ4v) is 3.62. The van der Waals surface area contributed by atoms with Crippen molar-refractivity contribution in [2.45, 2.75) is 32.4 Å². The van der Waals surface area contributed by atoms with Gasteiger partial charge in [-0.05, 0) is 66.9 Å². The number of nitrogens with zero attached hydrogens (tertiary/aromatic N) is 2. The molecular weight excluding hydrogens is 451 g/mol. The van der Waals surface area contributed by atoms with E-state index in [2.05, 4.69) is 4.98 Å². The van der Waals surface area contributed by atoms with Gasteiger partial charge in [-0.15, -0.1) is 0 Å². The van der Waals surface area contributed by atoms with Crippen molar-refractivity contribution < 1.29 is 28.2 Å². The zero-order chi connectivity index (χ0) is 24.6. The van der Waals surface area contributed by atoms with Crippen LogP contribution in [-0.2, 0) is 11.3 Å². The zero-order valence-electron chi connectivity index (χ0n) is 19.4. The third kappa shape index (κ3) is 6.50. The van der Waals surface area contributed by atoms with E-state index in [1.807, 2.05) is 47.4 Å². The van der Waals surface area contributed by atoms with Gasteiger partial charge in [0.25, 0.3) is 6.01 Å². The van der Waals surface area contributed by atoms with Gasteiger partial charge in [-0.3, -0.25) is 0 Å². The number of anilines is 1. The molecule has 0 aliphatic carbocycles. The number of para-hydroxylation sites is 2. The molecule has 0 unspecified atom stereocenters. The van der Waals surface area contributed by atoms with Crippen LogP contribution in [0.2, 0.25) is 0 Å². The SMILES string of the molecule is CC[C@@H](Oc1cccc(CN(CCCOc2ccc(F)cc2)c2nc3ccccc3o2)c1)C(=O)O. The molecule has 0 bridgehead atoms. The number of carboxylic acids is 1. The van der Waals surface area contributed by atoms with Crippen molar-refractivity contribution in [1.29, 1.82) is 0 Å². The van der Waals surface area contributed by atoms with Gasteiger partial charge in [0.1, 0.15) is 22.8 Å². The summed E-state index contributed by atoms with van der Waals surface area (Å²) in [6.07, 6.45) is 0.133. The average molecular weight is 479 g/mol. The summed E-state index contributed by atoms with van der Waals surface area (Å²) in [5, 5.41) is 9.30. The first kappa shape index (κ1) is 24.1. The summed E-state index contributed by atoms with van der Waals surface area (Å²) in [6.45, 7) is 3.27. The van der Waals surface area contributed by atoms with Gasteiger partial charge >= 0.3 is 5.97 Å². The highest BCUT2D eigenvalue weighted by Crippen LogP contribution is 2.25. The predicted molar refractivity (Wildman–Crippen MR) is 130 cm³/mol. The molecule has 4 rings (SSSR count). The largest absolute Gasteiger partial charge is 0.494 e. The van der Waals surface area contributed by atoms with Gasteiger partial charge in [0, 0.05) is 13.1 Å². The van der Waals surface area contributed by atoms with E-state index >= 15 is 0 Å². The van der Waals surface area contributed by atoms with Crippen LogP contribution in [0.4, 0.5) is 10.4 Å². The van der Waals surface area contributed by atoms with Crippen LogP contribution in [0, 0.1) is 5.82 Å². The van der Waals surface area contributed by atoms with Crippen molar-refractivity contribution in [3.8, 4) is 11.5 Å². The van der Waals surface area contributed by atoms with E-state index in [4.69, 9.17) is 13.9 Å². The maximum absolute atomic E-state index is 13.1. The number of oxazole rings is 1. The smallest absolute Gasteiger partial charge is 0.344 e. The van der Waals surface area contributed by atoms with Crippen molar-refractivity contribution in [3.63, 3.8) is 0 Å².